The minimum Gasteiger partial charge on any atom is -0.396 e. The molecule has 1 aromatic rings. The van der Waals surface area contributed by atoms with Crippen LogP contribution in [0.4, 0.5) is 5.69 Å². The molecule has 0 heterocycles. The fourth-order valence-corrected chi connectivity index (χ4v) is 1.75. The normalized spacial score (nSPS) is 10.5. The van der Waals surface area contributed by atoms with Crippen molar-refractivity contribution < 1.29 is 5.11 Å². The molecule has 0 unspecified atom stereocenters. The number of aliphatic hydroxyl groups excluding tert-OH is 1. The van der Waals surface area contributed by atoms with Crippen molar-refractivity contribution in [2.24, 2.45) is 0 Å². The highest BCUT2D eigenvalue weighted by molar-refractivity contribution is 5.56. The van der Waals surface area contributed by atoms with Crippen LogP contribution in [-0.4, -0.2) is 25.8 Å². The molecule has 0 bridgehead atoms. The van der Waals surface area contributed by atoms with Crippen molar-refractivity contribution in [2.45, 2.75) is 26.7 Å². The van der Waals surface area contributed by atoms with E-state index in [-0.39, 0.29) is 6.61 Å². The number of hydrogen-bond donors (Lipinski definition) is 1. The van der Waals surface area contributed by atoms with Gasteiger partial charge in [0.15, 0.2) is 0 Å². The average molecular weight is 207 g/mol. The lowest BCUT2D eigenvalue weighted by atomic mass is 10.0. The molecule has 2 nitrogen and oxygen atoms in total. The van der Waals surface area contributed by atoms with Gasteiger partial charge in [-0.05, 0) is 49.4 Å². The molecule has 0 spiro atoms. The summed E-state index contributed by atoms with van der Waals surface area (Å²) in [6.07, 6.45) is 1.79. The third-order valence-electron chi connectivity index (χ3n) is 2.78. The summed E-state index contributed by atoms with van der Waals surface area (Å²) in [4.78, 5) is 2.14. The number of aryl methyl sites for hydroxylation is 3. The van der Waals surface area contributed by atoms with E-state index in [0.29, 0.717) is 0 Å². The molecule has 0 saturated carbocycles. The molecule has 84 valence electrons. The summed E-state index contributed by atoms with van der Waals surface area (Å²) in [5, 5.41) is 8.87. The van der Waals surface area contributed by atoms with Gasteiger partial charge in [-0.2, -0.15) is 0 Å². The zero-order valence-electron chi connectivity index (χ0n) is 10.2. The van der Waals surface area contributed by atoms with Gasteiger partial charge in [-0.3, -0.25) is 0 Å². The molecule has 0 aromatic heterocycles. The largest absolute Gasteiger partial charge is 0.396 e. The van der Waals surface area contributed by atoms with Crippen molar-refractivity contribution in [2.75, 3.05) is 25.6 Å². The van der Waals surface area contributed by atoms with E-state index in [0.717, 1.165) is 12.8 Å². The second-order valence-corrected chi connectivity index (χ2v) is 4.29. The van der Waals surface area contributed by atoms with E-state index in [9.17, 15) is 0 Å². The Hall–Kier alpha value is -1.02. The SMILES string of the molecule is Cc1cc(CCCO)c(N(C)C)cc1C. The summed E-state index contributed by atoms with van der Waals surface area (Å²) in [5.41, 5.74) is 5.25. The second-order valence-electron chi connectivity index (χ2n) is 4.29. The molecule has 0 saturated heterocycles. The third kappa shape index (κ3) is 2.96. The summed E-state index contributed by atoms with van der Waals surface area (Å²) in [5.74, 6) is 0. The highest BCUT2D eigenvalue weighted by atomic mass is 16.2. The molecule has 0 fully saturated rings. The van der Waals surface area contributed by atoms with Crippen molar-refractivity contribution in [1.29, 1.82) is 0 Å². The average Bonchev–Trinajstić information content (AvgIpc) is 2.19. The fraction of sp³-hybridized carbons (Fsp3) is 0.538. The van der Waals surface area contributed by atoms with Crippen LogP contribution >= 0.6 is 0 Å². The van der Waals surface area contributed by atoms with Gasteiger partial charge in [0.25, 0.3) is 0 Å². The highest BCUT2D eigenvalue weighted by Crippen LogP contribution is 2.24. The Bertz CT molecular complexity index is 332. The van der Waals surface area contributed by atoms with Crippen LogP contribution in [0.5, 0.6) is 0 Å². The van der Waals surface area contributed by atoms with Gasteiger partial charge in [-0.1, -0.05) is 6.07 Å². The van der Waals surface area contributed by atoms with Crippen LogP contribution < -0.4 is 4.90 Å². The maximum Gasteiger partial charge on any atom is 0.0434 e. The topological polar surface area (TPSA) is 23.5 Å². The van der Waals surface area contributed by atoms with Crippen LogP contribution in [0.15, 0.2) is 12.1 Å². The lowest BCUT2D eigenvalue weighted by Gasteiger charge is -2.19. The molecule has 2 heteroatoms. The third-order valence-corrected chi connectivity index (χ3v) is 2.78. The monoisotopic (exact) mass is 207 g/mol. The Morgan fingerprint density at radius 3 is 2.27 bits per heavy atom. The smallest absolute Gasteiger partial charge is 0.0434 e. The number of anilines is 1. The number of nitrogens with zero attached hydrogens (tertiary/aromatic N) is 1. The van der Waals surface area contributed by atoms with E-state index in [4.69, 9.17) is 5.11 Å². The van der Waals surface area contributed by atoms with Gasteiger partial charge in [-0.25, -0.2) is 0 Å². The van der Waals surface area contributed by atoms with Crippen LogP contribution in [0.3, 0.4) is 0 Å². The van der Waals surface area contributed by atoms with Gasteiger partial charge in [0.1, 0.15) is 0 Å². The maximum atomic E-state index is 8.87. The predicted molar refractivity (Wildman–Crippen MR) is 65.6 cm³/mol. The number of rotatable bonds is 4. The number of aliphatic hydroxyl groups is 1. The fourth-order valence-electron chi connectivity index (χ4n) is 1.75. The van der Waals surface area contributed by atoms with Crippen molar-refractivity contribution >= 4 is 5.69 Å². The van der Waals surface area contributed by atoms with Gasteiger partial charge < -0.3 is 10.0 Å². The molecular formula is C13H21NO. The molecule has 0 atom stereocenters. The Balaban J connectivity index is 3.04. The summed E-state index contributed by atoms with van der Waals surface area (Å²) >= 11 is 0. The summed E-state index contributed by atoms with van der Waals surface area (Å²) in [6, 6.07) is 4.46. The van der Waals surface area contributed by atoms with Crippen LogP contribution in [0.2, 0.25) is 0 Å². The molecule has 15 heavy (non-hydrogen) atoms. The molecule has 0 aliphatic rings. The van der Waals surface area contributed by atoms with E-state index in [1.165, 1.54) is 22.4 Å². The lowest BCUT2D eigenvalue weighted by Crippen LogP contribution is -2.12. The van der Waals surface area contributed by atoms with Crippen molar-refractivity contribution in [1.82, 2.24) is 0 Å². The number of hydrogen-bond acceptors (Lipinski definition) is 2. The summed E-state index contributed by atoms with van der Waals surface area (Å²) in [7, 11) is 4.12. The first kappa shape index (κ1) is 12.1. The molecule has 0 aliphatic carbocycles. The van der Waals surface area contributed by atoms with E-state index >= 15 is 0 Å². The Kier molecular flexibility index (Phi) is 4.15. The van der Waals surface area contributed by atoms with Crippen LogP contribution in [-0.2, 0) is 6.42 Å². The molecular weight excluding hydrogens is 186 g/mol. The molecule has 1 N–H and O–H groups in total. The van der Waals surface area contributed by atoms with Crippen LogP contribution in [0.25, 0.3) is 0 Å². The first-order chi connectivity index (χ1) is 7.06. The predicted octanol–water partition coefficient (Wildman–Crippen LogP) is 2.29. The number of benzene rings is 1. The van der Waals surface area contributed by atoms with Crippen LogP contribution in [0.1, 0.15) is 23.1 Å². The van der Waals surface area contributed by atoms with E-state index in [1.54, 1.807) is 0 Å². The first-order valence-corrected chi connectivity index (χ1v) is 5.44. The van der Waals surface area contributed by atoms with Crippen LogP contribution in [0, 0.1) is 13.8 Å². The van der Waals surface area contributed by atoms with Gasteiger partial charge >= 0.3 is 0 Å². The van der Waals surface area contributed by atoms with Gasteiger partial charge in [0.2, 0.25) is 0 Å². The molecule has 0 amide bonds. The summed E-state index contributed by atoms with van der Waals surface area (Å²) in [6.45, 7) is 4.54. The molecule has 0 aliphatic heterocycles. The minimum atomic E-state index is 0.264. The first-order valence-electron chi connectivity index (χ1n) is 5.44. The molecule has 0 radical (unpaired) electrons. The highest BCUT2D eigenvalue weighted by Gasteiger charge is 2.06. The van der Waals surface area contributed by atoms with Crippen molar-refractivity contribution in [3.63, 3.8) is 0 Å². The zero-order chi connectivity index (χ0) is 11.4. The van der Waals surface area contributed by atoms with E-state index < -0.39 is 0 Å². The molecule has 1 aromatic carbocycles. The zero-order valence-corrected chi connectivity index (χ0v) is 10.2. The van der Waals surface area contributed by atoms with Gasteiger partial charge in [-0.15, -0.1) is 0 Å². The van der Waals surface area contributed by atoms with E-state index in [1.807, 2.05) is 0 Å². The summed E-state index contributed by atoms with van der Waals surface area (Å²) < 4.78 is 0. The quantitative estimate of drug-likeness (QED) is 0.819. The standard InChI is InChI=1S/C13H21NO/c1-10-8-12(6-5-7-15)13(14(3)4)9-11(10)2/h8-9,15H,5-7H2,1-4H3. The van der Waals surface area contributed by atoms with E-state index in [2.05, 4.69) is 45.0 Å². The Morgan fingerprint density at radius 1 is 1.13 bits per heavy atom. The van der Waals surface area contributed by atoms with Gasteiger partial charge in [0, 0.05) is 26.4 Å². The maximum absolute atomic E-state index is 8.87. The minimum absolute atomic E-state index is 0.264. The Morgan fingerprint density at radius 2 is 1.73 bits per heavy atom. The van der Waals surface area contributed by atoms with Crippen molar-refractivity contribution in [3.8, 4) is 0 Å². The molecule has 1 rings (SSSR count). The lowest BCUT2D eigenvalue weighted by molar-refractivity contribution is 0.288. The van der Waals surface area contributed by atoms with Gasteiger partial charge in [0.05, 0.1) is 0 Å². The second kappa shape index (κ2) is 5.17. The van der Waals surface area contributed by atoms with Crippen molar-refractivity contribution in [3.05, 3.63) is 28.8 Å². The Labute approximate surface area is 92.5 Å².